The van der Waals surface area contributed by atoms with Gasteiger partial charge in [0.1, 0.15) is 0 Å². The molecular formula is C59H31F6N5. The van der Waals surface area contributed by atoms with Crippen molar-refractivity contribution in [2.75, 3.05) is 0 Å². The molecule has 11 rings (SSSR count). The van der Waals surface area contributed by atoms with Crippen LogP contribution in [0.4, 0.5) is 26.3 Å². The van der Waals surface area contributed by atoms with Crippen molar-refractivity contribution in [3.63, 3.8) is 0 Å². The molecule has 70 heavy (non-hydrogen) atoms. The van der Waals surface area contributed by atoms with E-state index in [-0.39, 0.29) is 17.2 Å². The molecule has 0 aliphatic carbocycles. The molecule has 5 nitrogen and oxygen atoms in total. The van der Waals surface area contributed by atoms with Crippen LogP contribution in [0.25, 0.3) is 99.5 Å². The Balaban J connectivity index is 1.22. The van der Waals surface area contributed by atoms with Crippen LogP contribution < -0.4 is 0 Å². The van der Waals surface area contributed by atoms with Gasteiger partial charge in [0.15, 0.2) is 0 Å². The minimum Gasteiger partial charge on any atom is -0.309 e. The number of halogens is 6. The molecule has 334 valence electrons. The van der Waals surface area contributed by atoms with E-state index in [9.17, 15) is 42.1 Å². The van der Waals surface area contributed by atoms with Gasteiger partial charge in [-0.25, -0.2) is 0 Å². The number of para-hydroxylation sites is 2. The third kappa shape index (κ3) is 7.18. The molecule has 0 fully saturated rings. The van der Waals surface area contributed by atoms with E-state index < -0.39 is 29.0 Å². The predicted molar refractivity (Wildman–Crippen MR) is 261 cm³/mol. The van der Waals surface area contributed by atoms with Crippen LogP contribution in [-0.4, -0.2) is 9.13 Å². The van der Waals surface area contributed by atoms with E-state index >= 15 is 0 Å². The molecule has 0 N–H and O–H groups in total. The number of rotatable bonds is 6. The third-order valence-corrected chi connectivity index (χ3v) is 12.9. The van der Waals surface area contributed by atoms with Gasteiger partial charge < -0.3 is 9.13 Å². The van der Waals surface area contributed by atoms with Crippen LogP contribution in [0.5, 0.6) is 0 Å². The highest BCUT2D eigenvalue weighted by molar-refractivity contribution is 6.13. The number of nitriles is 3. The van der Waals surface area contributed by atoms with Crippen molar-refractivity contribution in [3.05, 3.63) is 216 Å². The van der Waals surface area contributed by atoms with Gasteiger partial charge in [0.25, 0.3) is 0 Å². The van der Waals surface area contributed by atoms with Gasteiger partial charge in [-0.3, -0.25) is 0 Å². The summed E-state index contributed by atoms with van der Waals surface area (Å²) in [6.45, 7) is 0. The summed E-state index contributed by atoms with van der Waals surface area (Å²) in [5, 5.41) is 33.4. The second-order valence-corrected chi connectivity index (χ2v) is 16.8. The van der Waals surface area contributed by atoms with E-state index in [0.29, 0.717) is 39.7 Å². The zero-order valence-corrected chi connectivity index (χ0v) is 36.4. The van der Waals surface area contributed by atoms with Gasteiger partial charge >= 0.3 is 12.4 Å². The molecule has 0 aliphatic rings. The molecule has 0 spiro atoms. The minimum atomic E-state index is -5.16. The van der Waals surface area contributed by atoms with Gasteiger partial charge in [0, 0.05) is 32.7 Å². The summed E-state index contributed by atoms with van der Waals surface area (Å²) in [4.78, 5) is 0. The first kappa shape index (κ1) is 43.2. The molecule has 0 aliphatic heterocycles. The lowest BCUT2D eigenvalue weighted by Gasteiger charge is -2.22. The Hall–Kier alpha value is -9.37. The average Bonchev–Trinajstić information content (AvgIpc) is 3.89. The first-order valence-electron chi connectivity index (χ1n) is 21.9. The minimum absolute atomic E-state index is 0.0170. The molecule has 0 bridgehead atoms. The molecule has 0 saturated heterocycles. The van der Waals surface area contributed by atoms with Gasteiger partial charge in [0.05, 0.1) is 79.5 Å². The molecule has 0 amide bonds. The van der Waals surface area contributed by atoms with Crippen molar-refractivity contribution in [3.8, 4) is 74.1 Å². The van der Waals surface area contributed by atoms with Crippen molar-refractivity contribution in [1.29, 1.82) is 15.8 Å². The molecule has 2 aromatic heterocycles. The summed E-state index contributed by atoms with van der Waals surface area (Å²) in [7, 11) is 0. The Morgan fingerprint density at radius 3 is 1.37 bits per heavy atom. The van der Waals surface area contributed by atoms with Gasteiger partial charge in [-0.05, 0) is 130 Å². The maximum atomic E-state index is 15.0. The Morgan fingerprint density at radius 1 is 0.357 bits per heavy atom. The topological polar surface area (TPSA) is 81.2 Å². The lowest BCUT2D eigenvalue weighted by atomic mass is 9.90. The van der Waals surface area contributed by atoms with Crippen molar-refractivity contribution >= 4 is 43.6 Å². The highest BCUT2D eigenvalue weighted by Gasteiger charge is 2.39. The quantitative estimate of drug-likeness (QED) is 0.156. The Bertz CT molecular complexity index is 4060. The van der Waals surface area contributed by atoms with Crippen LogP contribution in [0.15, 0.2) is 188 Å². The summed E-state index contributed by atoms with van der Waals surface area (Å²) in [6, 6.07) is 60.1. The average molecular weight is 924 g/mol. The lowest BCUT2D eigenvalue weighted by molar-refractivity contribution is -0.142. The number of aromatic nitrogens is 2. The first-order chi connectivity index (χ1) is 33.8. The number of nitrogens with zero attached hydrogens (tertiary/aromatic N) is 5. The second kappa shape index (κ2) is 16.4. The zero-order chi connectivity index (χ0) is 48.5. The van der Waals surface area contributed by atoms with Gasteiger partial charge in [-0.1, -0.05) is 91.0 Å². The zero-order valence-electron chi connectivity index (χ0n) is 36.4. The summed E-state index contributed by atoms with van der Waals surface area (Å²) >= 11 is 0. The third-order valence-electron chi connectivity index (χ3n) is 12.9. The Labute approximate surface area is 395 Å². The van der Waals surface area contributed by atoms with Crippen LogP contribution in [0, 0.1) is 34.0 Å². The van der Waals surface area contributed by atoms with E-state index in [1.54, 1.807) is 42.5 Å². The van der Waals surface area contributed by atoms with Crippen molar-refractivity contribution in [2.45, 2.75) is 12.4 Å². The SMILES string of the molecule is N#Cc1ccc(-c2ccc3c(c2)c2ccccc2n3-c2ccc(-c3ccc(C(F)(F)F)cc3C(F)(F)F)cc2-c2c(C#N)cccc2-n2c3ccccc3c3cc(-c4ccc(C#N)cc4)ccc32)cc1. The number of hydrogen-bond donors (Lipinski definition) is 0. The Kier molecular flexibility index (Phi) is 10.2. The fourth-order valence-corrected chi connectivity index (χ4v) is 9.71. The molecule has 0 radical (unpaired) electrons. The first-order valence-corrected chi connectivity index (χ1v) is 21.9. The smallest absolute Gasteiger partial charge is 0.309 e. The van der Waals surface area contributed by atoms with Crippen LogP contribution in [-0.2, 0) is 12.4 Å². The predicted octanol–water partition coefficient (Wildman–Crippen LogP) is 16.2. The van der Waals surface area contributed by atoms with E-state index in [1.165, 1.54) is 12.1 Å². The monoisotopic (exact) mass is 923 g/mol. The summed E-state index contributed by atoms with van der Waals surface area (Å²) < 4.78 is 90.9. The molecule has 0 atom stereocenters. The number of benzene rings is 9. The van der Waals surface area contributed by atoms with E-state index in [0.717, 1.165) is 71.9 Å². The van der Waals surface area contributed by atoms with Crippen LogP contribution in [0.2, 0.25) is 0 Å². The van der Waals surface area contributed by atoms with Crippen molar-refractivity contribution < 1.29 is 26.3 Å². The molecule has 9 aromatic carbocycles. The normalized spacial score (nSPS) is 11.8. The fraction of sp³-hybridized carbons (Fsp3) is 0.0339. The molecule has 2 heterocycles. The highest BCUT2D eigenvalue weighted by atomic mass is 19.4. The second-order valence-electron chi connectivity index (χ2n) is 16.8. The van der Waals surface area contributed by atoms with E-state index in [1.807, 2.05) is 118 Å². The van der Waals surface area contributed by atoms with Crippen LogP contribution in [0.3, 0.4) is 0 Å². The number of hydrogen-bond acceptors (Lipinski definition) is 3. The van der Waals surface area contributed by atoms with E-state index in [2.05, 4.69) is 24.3 Å². The summed E-state index contributed by atoms with van der Waals surface area (Å²) in [5.74, 6) is 0. The maximum absolute atomic E-state index is 15.0. The molecule has 0 unspecified atom stereocenters. The van der Waals surface area contributed by atoms with Crippen molar-refractivity contribution in [2.24, 2.45) is 0 Å². The van der Waals surface area contributed by atoms with Crippen LogP contribution >= 0.6 is 0 Å². The maximum Gasteiger partial charge on any atom is 0.417 e. The fourth-order valence-electron chi connectivity index (χ4n) is 9.71. The lowest BCUT2D eigenvalue weighted by Crippen LogP contribution is -2.12. The molecular weight excluding hydrogens is 893 g/mol. The largest absolute Gasteiger partial charge is 0.417 e. The van der Waals surface area contributed by atoms with Crippen molar-refractivity contribution in [1.82, 2.24) is 9.13 Å². The van der Waals surface area contributed by atoms with E-state index in [4.69, 9.17) is 0 Å². The number of alkyl halides is 6. The number of fused-ring (bicyclic) bond motifs is 6. The Morgan fingerprint density at radius 2 is 0.857 bits per heavy atom. The molecule has 0 saturated carbocycles. The standard InChI is InChI=1S/C59H31F6N5/c60-58(61,62)43-23-24-44(50(31-43)59(63,64)65)41-22-27-55(69-51-9-3-1-7-45(51)47-28-39(20-25-53(47)69)37-16-12-35(32-66)13-17-37)49(30-41)57-42(34-68)6-5-11-56(57)70-52-10-4-2-8-46(52)48-29-40(21-26-54(48)70)38-18-14-36(33-67)15-19-38/h1-31H. The molecule has 11 heteroatoms. The summed E-state index contributed by atoms with van der Waals surface area (Å²) in [6.07, 6.45) is -10.2. The summed E-state index contributed by atoms with van der Waals surface area (Å²) in [5.41, 5.74) is 6.18. The highest BCUT2D eigenvalue weighted by Crippen LogP contribution is 2.47. The van der Waals surface area contributed by atoms with Gasteiger partial charge in [-0.2, -0.15) is 42.1 Å². The van der Waals surface area contributed by atoms with Gasteiger partial charge in [0.2, 0.25) is 0 Å². The van der Waals surface area contributed by atoms with Gasteiger partial charge in [-0.15, -0.1) is 0 Å². The van der Waals surface area contributed by atoms with Crippen LogP contribution in [0.1, 0.15) is 27.8 Å². The molecule has 11 aromatic rings.